The second kappa shape index (κ2) is 8.92. The molecule has 0 aliphatic carbocycles. The number of halogens is 1. The van der Waals surface area contributed by atoms with Crippen molar-refractivity contribution in [2.24, 2.45) is 11.7 Å². The first kappa shape index (κ1) is 17.8. The summed E-state index contributed by atoms with van der Waals surface area (Å²) in [6, 6.07) is 18.5. The van der Waals surface area contributed by atoms with Gasteiger partial charge in [-0.05, 0) is 43.5 Å². The third-order valence-corrected chi connectivity index (χ3v) is 4.41. The topological polar surface area (TPSA) is 47.3 Å². The molecule has 3 N–H and O–H groups in total. The molecule has 23 heavy (non-hydrogen) atoms. The first-order valence-electron chi connectivity index (χ1n) is 8.06. The molecule has 1 atom stereocenters. The fourth-order valence-electron chi connectivity index (χ4n) is 3.08. The van der Waals surface area contributed by atoms with E-state index in [2.05, 4.69) is 23.5 Å². The van der Waals surface area contributed by atoms with E-state index in [0.717, 1.165) is 37.2 Å². The van der Waals surface area contributed by atoms with Crippen molar-refractivity contribution < 1.29 is 4.74 Å². The van der Waals surface area contributed by atoms with E-state index in [1.54, 1.807) is 0 Å². The van der Waals surface area contributed by atoms with E-state index in [4.69, 9.17) is 10.5 Å². The smallest absolute Gasteiger partial charge is 0.124 e. The highest BCUT2D eigenvalue weighted by Gasteiger charge is 2.23. The number of piperidine rings is 1. The molecule has 1 fully saturated rings. The van der Waals surface area contributed by atoms with Gasteiger partial charge in [0.05, 0.1) is 0 Å². The molecule has 1 saturated heterocycles. The molecule has 0 aromatic heterocycles. The molecule has 4 heteroatoms. The van der Waals surface area contributed by atoms with E-state index in [1.165, 1.54) is 5.56 Å². The summed E-state index contributed by atoms with van der Waals surface area (Å²) in [5.41, 5.74) is 8.84. The molecule has 1 heterocycles. The molecular formula is C19H25ClN2O. The van der Waals surface area contributed by atoms with Crippen molar-refractivity contribution in [3.8, 4) is 5.75 Å². The van der Waals surface area contributed by atoms with Gasteiger partial charge in [0.1, 0.15) is 12.4 Å². The predicted molar refractivity (Wildman–Crippen MR) is 97.0 cm³/mol. The molecule has 3 nitrogen and oxygen atoms in total. The minimum Gasteiger partial charge on any atom is -0.489 e. The zero-order chi connectivity index (χ0) is 15.2. The van der Waals surface area contributed by atoms with Gasteiger partial charge in [0.15, 0.2) is 0 Å². The van der Waals surface area contributed by atoms with Crippen LogP contribution >= 0.6 is 12.4 Å². The summed E-state index contributed by atoms with van der Waals surface area (Å²) in [6.07, 6.45) is 2.27. The first-order chi connectivity index (χ1) is 10.8. The van der Waals surface area contributed by atoms with E-state index in [0.29, 0.717) is 12.5 Å². The van der Waals surface area contributed by atoms with Gasteiger partial charge in [-0.1, -0.05) is 48.5 Å². The van der Waals surface area contributed by atoms with Crippen LogP contribution in [0.5, 0.6) is 5.75 Å². The standard InChI is InChI=1S/C19H24N2O.ClH/c20-19(16-10-12-21-13-11-16)17-8-4-5-9-18(17)22-14-15-6-2-1-3-7-15;/h1-9,16,19,21H,10-14,20H2;1H/t19-;/m1./s1. The van der Waals surface area contributed by atoms with Crippen LogP contribution < -0.4 is 15.8 Å². The molecule has 0 amide bonds. The van der Waals surface area contributed by atoms with Crippen LogP contribution in [0.4, 0.5) is 0 Å². The van der Waals surface area contributed by atoms with Gasteiger partial charge < -0.3 is 15.8 Å². The Balaban J connectivity index is 0.00000192. The number of rotatable bonds is 5. The second-order valence-electron chi connectivity index (χ2n) is 5.93. The summed E-state index contributed by atoms with van der Waals surface area (Å²) in [5, 5.41) is 3.40. The number of hydrogen-bond donors (Lipinski definition) is 2. The Kier molecular flexibility index (Phi) is 6.90. The zero-order valence-electron chi connectivity index (χ0n) is 13.3. The van der Waals surface area contributed by atoms with E-state index in [-0.39, 0.29) is 18.4 Å². The largest absolute Gasteiger partial charge is 0.489 e. The highest BCUT2D eigenvalue weighted by Crippen LogP contribution is 2.32. The highest BCUT2D eigenvalue weighted by molar-refractivity contribution is 5.85. The summed E-state index contributed by atoms with van der Waals surface area (Å²) >= 11 is 0. The highest BCUT2D eigenvalue weighted by atomic mass is 35.5. The Hall–Kier alpha value is -1.55. The fraction of sp³-hybridized carbons (Fsp3) is 0.368. The lowest BCUT2D eigenvalue weighted by atomic mass is 9.86. The first-order valence-corrected chi connectivity index (χ1v) is 8.06. The molecule has 0 saturated carbocycles. The Morgan fingerprint density at radius 2 is 1.65 bits per heavy atom. The van der Waals surface area contributed by atoms with Crippen LogP contribution in [-0.2, 0) is 6.61 Å². The van der Waals surface area contributed by atoms with Crippen molar-refractivity contribution in [1.82, 2.24) is 5.32 Å². The van der Waals surface area contributed by atoms with E-state index in [9.17, 15) is 0 Å². The van der Waals surface area contributed by atoms with E-state index >= 15 is 0 Å². The molecule has 124 valence electrons. The minimum absolute atomic E-state index is 0. The summed E-state index contributed by atoms with van der Waals surface area (Å²) in [5.74, 6) is 1.44. The molecule has 0 spiro atoms. The molecule has 0 bridgehead atoms. The number of para-hydroxylation sites is 1. The molecule has 1 aliphatic heterocycles. The number of nitrogens with two attached hydrogens (primary N) is 1. The minimum atomic E-state index is 0. The van der Waals surface area contributed by atoms with Crippen molar-refractivity contribution in [2.75, 3.05) is 13.1 Å². The van der Waals surface area contributed by atoms with Crippen LogP contribution in [0, 0.1) is 5.92 Å². The van der Waals surface area contributed by atoms with Crippen LogP contribution in [0.2, 0.25) is 0 Å². The van der Waals surface area contributed by atoms with Gasteiger partial charge in [-0.15, -0.1) is 12.4 Å². The van der Waals surface area contributed by atoms with Crippen molar-refractivity contribution in [1.29, 1.82) is 0 Å². The van der Waals surface area contributed by atoms with Gasteiger partial charge in [-0.3, -0.25) is 0 Å². The number of ether oxygens (including phenoxy) is 1. The van der Waals surface area contributed by atoms with Crippen LogP contribution in [0.25, 0.3) is 0 Å². The molecule has 1 aliphatic rings. The Morgan fingerprint density at radius 3 is 2.39 bits per heavy atom. The number of hydrogen-bond acceptors (Lipinski definition) is 3. The molecule has 2 aromatic rings. The molecule has 2 aromatic carbocycles. The summed E-state index contributed by atoms with van der Waals surface area (Å²) in [6.45, 7) is 2.70. The average molecular weight is 333 g/mol. The third kappa shape index (κ3) is 4.71. The Labute approximate surface area is 144 Å². The molecule has 0 unspecified atom stereocenters. The number of nitrogens with one attached hydrogen (secondary N) is 1. The van der Waals surface area contributed by atoms with Crippen molar-refractivity contribution in [3.63, 3.8) is 0 Å². The van der Waals surface area contributed by atoms with Gasteiger partial charge >= 0.3 is 0 Å². The maximum absolute atomic E-state index is 6.53. The van der Waals surface area contributed by atoms with Crippen LogP contribution in [0.3, 0.4) is 0 Å². The maximum Gasteiger partial charge on any atom is 0.124 e. The monoisotopic (exact) mass is 332 g/mol. The van der Waals surface area contributed by atoms with Crippen molar-refractivity contribution in [3.05, 3.63) is 65.7 Å². The molecule has 0 radical (unpaired) electrons. The summed E-state index contributed by atoms with van der Waals surface area (Å²) < 4.78 is 6.04. The molecule has 3 rings (SSSR count). The zero-order valence-corrected chi connectivity index (χ0v) is 14.1. The lowest BCUT2D eigenvalue weighted by molar-refractivity contribution is 0.284. The van der Waals surface area contributed by atoms with Gasteiger partial charge in [0.25, 0.3) is 0 Å². The Bertz CT molecular complexity index is 585. The number of benzene rings is 2. The van der Waals surface area contributed by atoms with Gasteiger partial charge in [0, 0.05) is 11.6 Å². The van der Waals surface area contributed by atoms with Crippen LogP contribution in [0.15, 0.2) is 54.6 Å². The third-order valence-electron chi connectivity index (χ3n) is 4.41. The lowest BCUT2D eigenvalue weighted by Gasteiger charge is -2.29. The van der Waals surface area contributed by atoms with Crippen LogP contribution in [0.1, 0.15) is 30.0 Å². The van der Waals surface area contributed by atoms with Gasteiger partial charge in [-0.2, -0.15) is 0 Å². The van der Waals surface area contributed by atoms with Gasteiger partial charge in [-0.25, -0.2) is 0 Å². The second-order valence-corrected chi connectivity index (χ2v) is 5.93. The van der Waals surface area contributed by atoms with Gasteiger partial charge in [0.2, 0.25) is 0 Å². The normalized spacial score (nSPS) is 16.4. The predicted octanol–water partition coefficient (Wildman–Crippen LogP) is 3.69. The maximum atomic E-state index is 6.53. The SMILES string of the molecule is Cl.N[C@@H](c1ccccc1OCc1ccccc1)C1CCNCC1. The van der Waals surface area contributed by atoms with Crippen LogP contribution in [-0.4, -0.2) is 13.1 Å². The average Bonchev–Trinajstić information content (AvgIpc) is 2.61. The quantitative estimate of drug-likeness (QED) is 0.878. The summed E-state index contributed by atoms with van der Waals surface area (Å²) in [4.78, 5) is 0. The fourth-order valence-corrected chi connectivity index (χ4v) is 3.08. The van der Waals surface area contributed by atoms with Crippen molar-refractivity contribution in [2.45, 2.75) is 25.5 Å². The van der Waals surface area contributed by atoms with E-state index in [1.807, 2.05) is 36.4 Å². The summed E-state index contributed by atoms with van der Waals surface area (Å²) in [7, 11) is 0. The van der Waals surface area contributed by atoms with Crippen molar-refractivity contribution >= 4 is 12.4 Å². The Morgan fingerprint density at radius 1 is 1.00 bits per heavy atom. The molecular weight excluding hydrogens is 308 g/mol. The van der Waals surface area contributed by atoms with E-state index < -0.39 is 0 Å². The lowest BCUT2D eigenvalue weighted by Crippen LogP contribution is -2.33.